The molecule has 1 heterocycles. The van der Waals surface area contributed by atoms with Crippen LogP contribution in [-0.4, -0.2) is 0 Å². The molecule has 0 aliphatic carbocycles. The van der Waals surface area contributed by atoms with Crippen molar-refractivity contribution in [2.75, 3.05) is 0 Å². The zero-order chi connectivity index (χ0) is 8.65. The van der Waals surface area contributed by atoms with Crippen molar-refractivity contribution in [3.05, 3.63) is 22.4 Å². The number of hydrogen-bond donors (Lipinski definition) is 0. The molecule has 0 atom stereocenters. The first-order valence-electron chi connectivity index (χ1n) is 4.94. The molecule has 68 valence electrons. The molecular weight excluding hydrogens is 164 g/mol. The van der Waals surface area contributed by atoms with Gasteiger partial charge in [0.1, 0.15) is 0 Å². The lowest BCUT2D eigenvalue weighted by atomic mass is 10.1. The van der Waals surface area contributed by atoms with Crippen LogP contribution in [0.15, 0.2) is 16.8 Å². The molecule has 0 nitrogen and oxygen atoms in total. The third kappa shape index (κ3) is 3.91. The first-order chi connectivity index (χ1) is 5.93. The summed E-state index contributed by atoms with van der Waals surface area (Å²) < 4.78 is 0. The lowest BCUT2D eigenvalue weighted by molar-refractivity contribution is 0.632. The van der Waals surface area contributed by atoms with Crippen LogP contribution in [0.2, 0.25) is 0 Å². The van der Waals surface area contributed by atoms with Crippen molar-refractivity contribution in [2.24, 2.45) is 0 Å². The third-order valence-electron chi connectivity index (χ3n) is 2.15. The Morgan fingerprint density at radius 2 is 2.00 bits per heavy atom. The topological polar surface area (TPSA) is 0 Å². The molecule has 0 spiro atoms. The van der Waals surface area contributed by atoms with Gasteiger partial charge >= 0.3 is 0 Å². The third-order valence-corrected chi connectivity index (χ3v) is 2.88. The molecule has 0 saturated heterocycles. The highest BCUT2D eigenvalue weighted by atomic mass is 32.1. The predicted molar refractivity (Wildman–Crippen MR) is 56.8 cm³/mol. The molecule has 12 heavy (non-hydrogen) atoms. The maximum Gasteiger partial charge on any atom is -0.00613 e. The van der Waals surface area contributed by atoms with Gasteiger partial charge in [-0.15, -0.1) is 0 Å². The van der Waals surface area contributed by atoms with Gasteiger partial charge in [-0.05, 0) is 35.2 Å². The summed E-state index contributed by atoms with van der Waals surface area (Å²) in [5.74, 6) is 0. The SMILES string of the molecule is CCCCCCCc1ccsc1. The fraction of sp³-hybridized carbons (Fsp3) is 0.636. The van der Waals surface area contributed by atoms with Gasteiger partial charge in [-0.3, -0.25) is 0 Å². The maximum atomic E-state index is 2.26. The summed E-state index contributed by atoms with van der Waals surface area (Å²) >= 11 is 1.81. The van der Waals surface area contributed by atoms with Crippen molar-refractivity contribution in [1.82, 2.24) is 0 Å². The van der Waals surface area contributed by atoms with Crippen molar-refractivity contribution in [2.45, 2.75) is 45.4 Å². The van der Waals surface area contributed by atoms with Crippen molar-refractivity contribution in [1.29, 1.82) is 0 Å². The summed E-state index contributed by atoms with van der Waals surface area (Å²) in [4.78, 5) is 0. The Morgan fingerprint density at radius 1 is 1.17 bits per heavy atom. The second-order valence-corrected chi connectivity index (χ2v) is 4.08. The van der Waals surface area contributed by atoms with Crippen LogP contribution >= 0.6 is 11.3 Å². The number of rotatable bonds is 6. The van der Waals surface area contributed by atoms with Crippen LogP contribution in [-0.2, 0) is 6.42 Å². The summed E-state index contributed by atoms with van der Waals surface area (Å²) in [7, 11) is 0. The Hall–Kier alpha value is -0.300. The van der Waals surface area contributed by atoms with Crippen LogP contribution in [0.25, 0.3) is 0 Å². The van der Waals surface area contributed by atoms with Gasteiger partial charge in [-0.1, -0.05) is 32.6 Å². The van der Waals surface area contributed by atoms with E-state index >= 15 is 0 Å². The second kappa shape index (κ2) is 6.24. The minimum absolute atomic E-state index is 1.28. The average molecular weight is 182 g/mol. The van der Waals surface area contributed by atoms with Crippen molar-refractivity contribution in [3.63, 3.8) is 0 Å². The van der Waals surface area contributed by atoms with Gasteiger partial charge in [0, 0.05) is 0 Å². The van der Waals surface area contributed by atoms with E-state index in [-0.39, 0.29) is 0 Å². The van der Waals surface area contributed by atoms with Crippen LogP contribution in [0.4, 0.5) is 0 Å². The molecule has 0 radical (unpaired) electrons. The van der Waals surface area contributed by atoms with Crippen molar-refractivity contribution < 1.29 is 0 Å². The summed E-state index contributed by atoms with van der Waals surface area (Å²) in [6.45, 7) is 2.26. The van der Waals surface area contributed by atoms with Gasteiger partial charge in [0.25, 0.3) is 0 Å². The molecule has 0 unspecified atom stereocenters. The fourth-order valence-electron chi connectivity index (χ4n) is 1.37. The lowest BCUT2D eigenvalue weighted by Gasteiger charge is -1.97. The van der Waals surface area contributed by atoms with E-state index in [2.05, 4.69) is 23.8 Å². The minimum atomic E-state index is 1.28. The molecule has 0 aliphatic heterocycles. The Bertz CT molecular complexity index is 177. The second-order valence-electron chi connectivity index (χ2n) is 3.30. The molecule has 0 bridgehead atoms. The zero-order valence-electron chi connectivity index (χ0n) is 7.88. The number of hydrogen-bond acceptors (Lipinski definition) is 1. The lowest BCUT2D eigenvalue weighted by Crippen LogP contribution is -1.82. The average Bonchev–Trinajstić information content (AvgIpc) is 2.57. The van der Waals surface area contributed by atoms with Crippen molar-refractivity contribution >= 4 is 11.3 Å². The Morgan fingerprint density at radius 3 is 2.67 bits per heavy atom. The quantitative estimate of drug-likeness (QED) is 0.577. The van der Waals surface area contributed by atoms with E-state index in [1.165, 1.54) is 44.1 Å². The standard InChI is InChI=1S/C11H18S/c1-2-3-4-5-6-7-11-8-9-12-10-11/h8-10H,2-7H2,1H3. The molecule has 1 aromatic rings. The molecule has 0 aromatic carbocycles. The molecule has 0 fully saturated rings. The summed E-state index contributed by atoms with van der Waals surface area (Å²) in [5.41, 5.74) is 1.52. The summed E-state index contributed by atoms with van der Waals surface area (Å²) in [6, 6.07) is 2.24. The molecule has 1 aromatic heterocycles. The van der Waals surface area contributed by atoms with Gasteiger partial charge < -0.3 is 0 Å². The molecular formula is C11H18S. The Balaban J connectivity index is 1.96. The van der Waals surface area contributed by atoms with E-state index in [4.69, 9.17) is 0 Å². The van der Waals surface area contributed by atoms with Crippen LogP contribution in [0.5, 0.6) is 0 Å². The van der Waals surface area contributed by atoms with Crippen LogP contribution in [0.3, 0.4) is 0 Å². The molecule has 0 saturated carbocycles. The molecule has 1 heteroatoms. The number of aryl methyl sites for hydroxylation is 1. The highest BCUT2D eigenvalue weighted by molar-refractivity contribution is 7.07. The van der Waals surface area contributed by atoms with Gasteiger partial charge in [0.2, 0.25) is 0 Å². The first kappa shape index (κ1) is 9.79. The van der Waals surface area contributed by atoms with E-state index in [1.807, 2.05) is 11.3 Å². The van der Waals surface area contributed by atoms with Gasteiger partial charge in [-0.2, -0.15) is 11.3 Å². The number of unbranched alkanes of at least 4 members (excludes halogenated alkanes) is 4. The highest BCUT2D eigenvalue weighted by Gasteiger charge is 1.92. The first-order valence-corrected chi connectivity index (χ1v) is 5.89. The molecule has 0 N–H and O–H groups in total. The van der Waals surface area contributed by atoms with Crippen molar-refractivity contribution in [3.8, 4) is 0 Å². The number of thiophene rings is 1. The minimum Gasteiger partial charge on any atom is -0.152 e. The van der Waals surface area contributed by atoms with E-state index in [0.717, 1.165) is 0 Å². The molecule has 0 amide bonds. The van der Waals surface area contributed by atoms with E-state index in [1.54, 1.807) is 0 Å². The highest BCUT2D eigenvalue weighted by Crippen LogP contribution is 2.11. The zero-order valence-corrected chi connectivity index (χ0v) is 8.70. The van der Waals surface area contributed by atoms with E-state index in [0.29, 0.717) is 0 Å². The summed E-state index contributed by atoms with van der Waals surface area (Å²) in [6.07, 6.45) is 8.23. The molecule has 1 rings (SSSR count). The molecule has 0 aliphatic rings. The van der Waals surface area contributed by atoms with Crippen LogP contribution in [0.1, 0.15) is 44.6 Å². The van der Waals surface area contributed by atoms with Gasteiger partial charge in [0.05, 0.1) is 0 Å². The van der Waals surface area contributed by atoms with E-state index < -0.39 is 0 Å². The smallest absolute Gasteiger partial charge is 0.00613 e. The largest absolute Gasteiger partial charge is 0.152 e. The summed E-state index contributed by atoms with van der Waals surface area (Å²) in [5, 5.41) is 4.43. The van der Waals surface area contributed by atoms with Gasteiger partial charge in [0.15, 0.2) is 0 Å². The Kier molecular flexibility index (Phi) is 5.09. The van der Waals surface area contributed by atoms with Crippen LogP contribution < -0.4 is 0 Å². The predicted octanol–water partition coefficient (Wildman–Crippen LogP) is 4.26. The van der Waals surface area contributed by atoms with E-state index in [9.17, 15) is 0 Å². The Labute approximate surface area is 79.6 Å². The fourth-order valence-corrected chi connectivity index (χ4v) is 2.07. The normalized spacial score (nSPS) is 10.4. The maximum absolute atomic E-state index is 2.26. The monoisotopic (exact) mass is 182 g/mol. The van der Waals surface area contributed by atoms with Crippen LogP contribution in [0, 0.1) is 0 Å². The van der Waals surface area contributed by atoms with Gasteiger partial charge in [-0.25, -0.2) is 0 Å².